The first-order valence-electron chi connectivity index (χ1n) is 13.9. The normalized spacial score (nSPS) is 16.6. The monoisotopic (exact) mass is 553 g/mol. The minimum Gasteiger partial charge on any atom is -0.465 e. The predicted molar refractivity (Wildman–Crippen MR) is 159 cm³/mol. The van der Waals surface area contributed by atoms with E-state index in [-0.39, 0.29) is 31.2 Å². The van der Waals surface area contributed by atoms with Crippen LogP contribution < -0.4 is 9.80 Å². The summed E-state index contributed by atoms with van der Waals surface area (Å²) >= 11 is 0. The summed E-state index contributed by atoms with van der Waals surface area (Å²) < 4.78 is 5.81. The van der Waals surface area contributed by atoms with E-state index in [1.54, 1.807) is 0 Å². The molecule has 1 aromatic heterocycles. The van der Waals surface area contributed by atoms with E-state index in [4.69, 9.17) is 14.7 Å². The highest BCUT2D eigenvalue weighted by molar-refractivity contribution is 5.93. The van der Waals surface area contributed by atoms with Crippen LogP contribution in [0, 0.1) is 0 Å². The first-order valence-corrected chi connectivity index (χ1v) is 13.9. The molecule has 1 heterocycles. The van der Waals surface area contributed by atoms with Crippen LogP contribution in [0.1, 0.15) is 36.8 Å². The van der Waals surface area contributed by atoms with E-state index in [2.05, 4.69) is 0 Å². The molecule has 3 aromatic carbocycles. The number of aromatic nitrogens is 2. The van der Waals surface area contributed by atoms with Crippen molar-refractivity contribution in [3.8, 4) is 0 Å². The second kappa shape index (κ2) is 12.7. The van der Waals surface area contributed by atoms with Crippen LogP contribution in [0.4, 0.5) is 21.4 Å². The molecule has 5 rings (SSSR count). The van der Waals surface area contributed by atoms with Gasteiger partial charge in [0, 0.05) is 38.1 Å². The van der Waals surface area contributed by atoms with Crippen molar-refractivity contribution in [2.45, 2.75) is 50.9 Å². The Kier molecular flexibility index (Phi) is 8.62. The summed E-state index contributed by atoms with van der Waals surface area (Å²) in [5, 5.41) is 11.0. The van der Waals surface area contributed by atoms with Crippen molar-refractivity contribution < 1.29 is 19.4 Å². The zero-order chi connectivity index (χ0) is 28.8. The van der Waals surface area contributed by atoms with Gasteiger partial charge in [-0.25, -0.2) is 19.5 Å². The van der Waals surface area contributed by atoms with Gasteiger partial charge in [0.15, 0.2) is 0 Å². The van der Waals surface area contributed by atoms with Crippen LogP contribution in [-0.4, -0.2) is 58.3 Å². The van der Waals surface area contributed by atoms with Crippen LogP contribution in [0.5, 0.6) is 0 Å². The lowest BCUT2D eigenvalue weighted by atomic mass is 9.89. The molecule has 0 saturated heterocycles. The topological polar surface area (TPSA) is 99.1 Å². The summed E-state index contributed by atoms with van der Waals surface area (Å²) in [4.78, 5) is 40.8. The van der Waals surface area contributed by atoms with Crippen molar-refractivity contribution in [1.82, 2.24) is 14.9 Å². The molecule has 9 nitrogen and oxygen atoms in total. The fraction of sp³-hybridized carbons (Fsp3) is 0.312. The quantitative estimate of drug-likeness (QED) is 0.272. The molecule has 0 spiro atoms. The molecule has 1 saturated carbocycles. The van der Waals surface area contributed by atoms with Crippen LogP contribution >= 0.6 is 0 Å². The molecule has 2 amide bonds. The third kappa shape index (κ3) is 6.57. The number of nitrogens with zero attached hydrogens (tertiary/aromatic N) is 5. The molecule has 0 bridgehead atoms. The summed E-state index contributed by atoms with van der Waals surface area (Å²) in [6.07, 6.45) is 1.07. The van der Waals surface area contributed by atoms with Crippen LogP contribution in [0.25, 0.3) is 10.9 Å². The molecular formula is C32H35N5O4. The lowest BCUT2D eigenvalue weighted by Crippen LogP contribution is -2.50. The van der Waals surface area contributed by atoms with E-state index in [1.807, 2.05) is 104 Å². The van der Waals surface area contributed by atoms with Gasteiger partial charge in [-0.1, -0.05) is 72.8 Å². The van der Waals surface area contributed by atoms with Crippen molar-refractivity contribution in [3.63, 3.8) is 0 Å². The van der Waals surface area contributed by atoms with Crippen molar-refractivity contribution in [2.75, 3.05) is 23.9 Å². The van der Waals surface area contributed by atoms with Crippen molar-refractivity contribution in [1.29, 1.82) is 0 Å². The van der Waals surface area contributed by atoms with E-state index < -0.39 is 12.2 Å². The lowest BCUT2D eigenvalue weighted by Gasteiger charge is -2.39. The molecule has 2 atom stereocenters. The van der Waals surface area contributed by atoms with Gasteiger partial charge in [0.05, 0.1) is 5.52 Å². The Hall–Kier alpha value is -4.66. The molecule has 212 valence electrons. The number of para-hydroxylation sites is 1. The predicted octanol–water partition coefficient (Wildman–Crippen LogP) is 6.33. The van der Waals surface area contributed by atoms with E-state index in [1.165, 1.54) is 9.80 Å². The first kappa shape index (κ1) is 27.9. The molecule has 9 heteroatoms. The Morgan fingerprint density at radius 2 is 1.49 bits per heavy atom. The van der Waals surface area contributed by atoms with Gasteiger partial charge < -0.3 is 19.6 Å². The standard InChI is InChI=1S/C32H35N5O4/c1-35(2)29-27-18-9-10-19-28(27)33-30(34-29)37(32(40)41-22-24-14-7-4-8-15-24)26-17-11-16-25(20-26)36(31(38)39)21-23-12-5-3-6-13-23/h3-10,12-15,18-19,25-26H,11,16-17,20-22H2,1-2H3,(H,38,39)/t25-,26-/m1/s1. The molecule has 1 aliphatic carbocycles. The average Bonchev–Trinajstić information content (AvgIpc) is 2.99. The number of hydrogen-bond donors (Lipinski definition) is 1. The van der Waals surface area contributed by atoms with Gasteiger partial charge in [-0.3, -0.25) is 0 Å². The summed E-state index contributed by atoms with van der Waals surface area (Å²) in [6.45, 7) is 0.388. The van der Waals surface area contributed by atoms with Crippen LogP contribution in [0.2, 0.25) is 0 Å². The van der Waals surface area contributed by atoms with Crippen molar-refractivity contribution in [2.24, 2.45) is 0 Å². The van der Waals surface area contributed by atoms with Crippen molar-refractivity contribution >= 4 is 34.9 Å². The number of amides is 2. The fourth-order valence-electron chi connectivity index (χ4n) is 5.47. The van der Waals surface area contributed by atoms with Crippen LogP contribution in [0.15, 0.2) is 84.9 Å². The van der Waals surface area contributed by atoms with Crippen molar-refractivity contribution in [3.05, 3.63) is 96.1 Å². The molecule has 41 heavy (non-hydrogen) atoms. The summed E-state index contributed by atoms with van der Waals surface area (Å²) in [5.41, 5.74) is 2.51. The summed E-state index contributed by atoms with van der Waals surface area (Å²) in [6, 6.07) is 26.2. The number of carboxylic acid groups (broad SMARTS) is 1. The van der Waals surface area contributed by atoms with E-state index >= 15 is 0 Å². The van der Waals surface area contributed by atoms with Gasteiger partial charge >= 0.3 is 12.2 Å². The van der Waals surface area contributed by atoms with Gasteiger partial charge in [-0.2, -0.15) is 4.98 Å². The maximum Gasteiger partial charge on any atom is 0.417 e. The highest BCUT2D eigenvalue weighted by Gasteiger charge is 2.37. The largest absolute Gasteiger partial charge is 0.465 e. The van der Waals surface area contributed by atoms with Gasteiger partial charge in [-0.05, 0) is 48.9 Å². The highest BCUT2D eigenvalue weighted by Crippen LogP contribution is 2.33. The Labute approximate surface area is 240 Å². The third-order valence-electron chi connectivity index (χ3n) is 7.48. The molecule has 1 fully saturated rings. The van der Waals surface area contributed by atoms with E-state index in [0.717, 1.165) is 22.9 Å². The first-order chi connectivity index (χ1) is 19.9. The Morgan fingerprint density at radius 3 is 2.17 bits per heavy atom. The smallest absolute Gasteiger partial charge is 0.417 e. The Balaban J connectivity index is 1.48. The van der Waals surface area contributed by atoms with E-state index in [9.17, 15) is 14.7 Å². The number of ether oxygens (including phenoxy) is 1. The second-order valence-corrected chi connectivity index (χ2v) is 10.5. The van der Waals surface area contributed by atoms with Crippen LogP contribution in [0.3, 0.4) is 0 Å². The number of benzene rings is 3. The maximum absolute atomic E-state index is 13.8. The molecule has 0 radical (unpaired) electrons. The minimum absolute atomic E-state index is 0.107. The third-order valence-corrected chi connectivity index (χ3v) is 7.48. The molecular weight excluding hydrogens is 518 g/mol. The number of carbonyl (C=O) groups is 2. The van der Waals surface area contributed by atoms with Gasteiger partial charge in [0.1, 0.15) is 12.4 Å². The molecule has 4 aromatic rings. The van der Waals surface area contributed by atoms with Gasteiger partial charge in [0.2, 0.25) is 5.95 Å². The Morgan fingerprint density at radius 1 is 0.854 bits per heavy atom. The Bertz CT molecular complexity index is 1480. The molecule has 1 aliphatic rings. The molecule has 0 unspecified atom stereocenters. The van der Waals surface area contributed by atoms with Gasteiger partial charge in [0.25, 0.3) is 0 Å². The maximum atomic E-state index is 13.8. The highest BCUT2D eigenvalue weighted by atomic mass is 16.6. The molecule has 0 aliphatic heterocycles. The average molecular weight is 554 g/mol. The number of rotatable bonds is 8. The molecule has 1 N–H and O–H groups in total. The lowest BCUT2D eigenvalue weighted by molar-refractivity contribution is 0.100. The zero-order valence-electron chi connectivity index (χ0n) is 23.4. The summed E-state index contributed by atoms with van der Waals surface area (Å²) in [7, 11) is 3.81. The van der Waals surface area contributed by atoms with Gasteiger partial charge in [-0.15, -0.1) is 0 Å². The number of anilines is 2. The minimum atomic E-state index is -0.977. The second-order valence-electron chi connectivity index (χ2n) is 10.5. The zero-order valence-corrected chi connectivity index (χ0v) is 23.4. The number of fused-ring (bicyclic) bond motifs is 1. The van der Waals surface area contributed by atoms with E-state index in [0.29, 0.717) is 30.6 Å². The summed E-state index contributed by atoms with van der Waals surface area (Å²) in [5.74, 6) is 0.941. The number of carbonyl (C=O) groups excluding carboxylic acids is 1. The fourth-order valence-corrected chi connectivity index (χ4v) is 5.47. The van der Waals surface area contributed by atoms with Crippen LogP contribution in [-0.2, 0) is 17.9 Å². The SMILES string of the molecule is CN(C)c1nc(N(C(=O)OCc2ccccc2)[C@@H]2CCC[C@@H](N(Cc3ccccc3)C(=O)O)C2)nc2ccccc12. The number of hydrogen-bond acceptors (Lipinski definition) is 6.